The Morgan fingerprint density at radius 3 is 1.69 bits per heavy atom. The van der Waals surface area contributed by atoms with E-state index in [2.05, 4.69) is 4.74 Å². The van der Waals surface area contributed by atoms with Gasteiger partial charge in [0.25, 0.3) is 0 Å². The third-order valence-electron chi connectivity index (χ3n) is 1.46. The molecule has 0 aliphatic carbocycles. The average Bonchev–Trinajstić information content (AvgIpc) is 2.31. The van der Waals surface area contributed by atoms with Gasteiger partial charge in [0.15, 0.2) is 0 Å². The molecule has 0 amide bonds. The van der Waals surface area contributed by atoms with E-state index in [0.717, 1.165) is 0 Å². The molecular weight excluding hydrogens is 216 g/mol. The molecule has 6 heteroatoms. The Kier molecular flexibility index (Phi) is 19.5. The third-order valence-corrected chi connectivity index (χ3v) is 1.46. The Hall–Kier alpha value is -0.240. The molecule has 0 heterocycles. The summed E-state index contributed by atoms with van der Waals surface area (Å²) in [6, 6.07) is 0. The molecule has 3 N–H and O–H groups in total. The molecule has 0 saturated heterocycles. The standard InChI is InChI=1S/C6H14O3.C4H10O3/c1-6(8-2)5-9-4-3-7;5-1-3-7-4-2-6/h6-7H,3-5H2,1-2H3;5-6H,1-4H2. The van der Waals surface area contributed by atoms with E-state index in [1.54, 1.807) is 7.11 Å². The van der Waals surface area contributed by atoms with Gasteiger partial charge < -0.3 is 29.5 Å². The smallest absolute Gasteiger partial charge is 0.0776 e. The van der Waals surface area contributed by atoms with E-state index in [0.29, 0.717) is 26.4 Å². The SMILES string of the molecule is COC(C)COCCO.OCCOCCO. The van der Waals surface area contributed by atoms with Crippen LogP contribution in [0.3, 0.4) is 0 Å². The van der Waals surface area contributed by atoms with Gasteiger partial charge in [0, 0.05) is 7.11 Å². The minimum atomic E-state index is 0.0278. The third kappa shape index (κ3) is 19.4. The lowest BCUT2D eigenvalue weighted by Crippen LogP contribution is -2.15. The first-order valence-corrected chi connectivity index (χ1v) is 5.23. The van der Waals surface area contributed by atoms with Crippen LogP contribution in [-0.4, -0.2) is 74.8 Å². The van der Waals surface area contributed by atoms with Crippen LogP contribution in [0.5, 0.6) is 0 Å². The Balaban J connectivity index is 0. The van der Waals surface area contributed by atoms with E-state index in [4.69, 9.17) is 24.8 Å². The molecule has 100 valence electrons. The monoisotopic (exact) mass is 240 g/mol. The van der Waals surface area contributed by atoms with Crippen LogP contribution in [0.15, 0.2) is 0 Å². The summed E-state index contributed by atoms with van der Waals surface area (Å²) < 4.78 is 14.5. The van der Waals surface area contributed by atoms with Crippen molar-refractivity contribution in [2.75, 3.05) is 53.4 Å². The van der Waals surface area contributed by atoms with E-state index < -0.39 is 0 Å². The molecule has 16 heavy (non-hydrogen) atoms. The average molecular weight is 240 g/mol. The van der Waals surface area contributed by atoms with E-state index in [1.165, 1.54) is 0 Å². The summed E-state index contributed by atoms with van der Waals surface area (Å²) in [6.07, 6.45) is 0.122. The van der Waals surface area contributed by atoms with Crippen molar-refractivity contribution >= 4 is 0 Å². The second-order valence-corrected chi connectivity index (χ2v) is 2.90. The molecule has 0 aromatic heterocycles. The van der Waals surface area contributed by atoms with Gasteiger partial charge in [0.1, 0.15) is 0 Å². The van der Waals surface area contributed by atoms with Gasteiger partial charge in [-0.1, -0.05) is 0 Å². The van der Waals surface area contributed by atoms with Gasteiger partial charge in [-0.3, -0.25) is 0 Å². The molecule has 0 radical (unpaired) electrons. The summed E-state index contributed by atoms with van der Waals surface area (Å²) in [6.45, 7) is 3.64. The summed E-state index contributed by atoms with van der Waals surface area (Å²) in [5.74, 6) is 0. The van der Waals surface area contributed by atoms with Crippen molar-refractivity contribution in [3.63, 3.8) is 0 Å². The maximum Gasteiger partial charge on any atom is 0.0776 e. The highest BCUT2D eigenvalue weighted by atomic mass is 16.5. The van der Waals surface area contributed by atoms with Crippen LogP contribution < -0.4 is 0 Å². The highest BCUT2D eigenvalue weighted by Crippen LogP contribution is 1.87. The van der Waals surface area contributed by atoms with Gasteiger partial charge in [-0.25, -0.2) is 0 Å². The number of ether oxygens (including phenoxy) is 3. The lowest BCUT2D eigenvalue weighted by Gasteiger charge is -2.08. The first kappa shape index (κ1) is 18.1. The predicted molar refractivity (Wildman–Crippen MR) is 59.4 cm³/mol. The van der Waals surface area contributed by atoms with Gasteiger partial charge in [0.05, 0.1) is 52.4 Å². The summed E-state index contributed by atoms with van der Waals surface area (Å²) in [5, 5.41) is 24.5. The van der Waals surface area contributed by atoms with Crippen LogP contribution in [0, 0.1) is 0 Å². The van der Waals surface area contributed by atoms with Crippen LogP contribution in [0.1, 0.15) is 6.92 Å². The highest BCUT2D eigenvalue weighted by Gasteiger charge is 1.96. The van der Waals surface area contributed by atoms with Crippen molar-refractivity contribution < 1.29 is 29.5 Å². The van der Waals surface area contributed by atoms with Crippen molar-refractivity contribution in [1.29, 1.82) is 0 Å². The van der Waals surface area contributed by atoms with Gasteiger partial charge in [0.2, 0.25) is 0 Å². The highest BCUT2D eigenvalue weighted by molar-refractivity contribution is 4.43. The zero-order valence-corrected chi connectivity index (χ0v) is 10.1. The van der Waals surface area contributed by atoms with E-state index in [-0.39, 0.29) is 25.9 Å². The zero-order valence-electron chi connectivity index (χ0n) is 10.1. The predicted octanol–water partition coefficient (Wildman–Crippen LogP) is -0.982. The fourth-order valence-corrected chi connectivity index (χ4v) is 0.613. The Morgan fingerprint density at radius 1 is 0.875 bits per heavy atom. The molecule has 0 aromatic carbocycles. The van der Waals surface area contributed by atoms with Crippen molar-refractivity contribution in [3.8, 4) is 0 Å². The zero-order chi connectivity index (χ0) is 12.6. The van der Waals surface area contributed by atoms with Gasteiger partial charge in [-0.2, -0.15) is 0 Å². The largest absolute Gasteiger partial charge is 0.394 e. The topological polar surface area (TPSA) is 88.4 Å². The number of hydrogen-bond acceptors (Lipinski definition) is 6. The van der Waals surface area contributed by atoms with Crippen molar-refractivity contribution in [1.82, 2.24) is 0 Å². The number of aliphatic hydroxyl groups is 3. The second-order valence-electron chi connectivity index (χ2n) is 2.90. The summed E-state index contributed by atoms with van der Waals surface area (Å²) in [7, 11) is 1.63. The van der Waals surface area contributed by atoms with E-state index in [9.17, 15) is 0 Å². The van der Waals surface area contributed by atoms with Crippen molar-refractivity contribution in [2.45, 2.75) is 13.0 Å². The van der Waals surface area contributed by atoms with E-state index >= 15 is 0 Å². The fraction of sp³-hybridized carbons (Fsp3) is 1.00. The summed E-state index contributed by atoms with van der Waals surface area (Å²) in [5.41, 5.74) is 0. The van der Waals surface area contributed by atoms with Gasteiger partial charge in [-0.15, -0.1) is 0 Å². The Labute approximate surface area is 96.8 Å². The number of methoxy groups -OCH3 is 1. The molecule has 0 spiro atoms. The van der Waals surface area contributed by atoms with Gasteiger partial charge in [-0.05, 0) is 6.92 Å². The Bertz CT molecular complexity index is 107. The second kappa shape index (κ2) is 17.2. The van der Waals surface area contributed by atoms with Crippen molar-refractivity contribution in [2.24, 2.45) is 0 Å². The molecule has 0 aliphatic heterocycles. The normalized spacial score (nSPS) is 11.8. The van der Waals surface area contributed by atoms with Crippen LogP contribution in [-0.2, 0) is 14.2 Å². The molecule has 1 unspecified atom stereocenters. The molecule has 0 saturated carbocycles. The molecule has 0 rings (SSSR count). The molecular formula is C10H24O6. The first-order valence-electron chi connectivity index (χ1n) is 5.23. The minimum Gasteiger partial charge on any atom is -0.394 e. The lowest BCUT2D eigenvalue weighted by atomic mass is 10.4. The van der Waals surface area contributed by atoms with Crippen LogP contribution in [0.2, 0.25) is 0 Å². The molecule has 0 aliphatic rings. The number of aliphatic hydroxyl groups excluding tert-OH is 3. The van der Waals surface area contributed by atoms with Crippen molar-refractivity contribution in [3.05, 3.63) is 0 Å². The van der Waals surface area contributed by atoms with Crippen LogP contribution >= 0.6 is 0 Å². The summed E-state index contributed by atoms with van der Waals surface area (Å²) in [4.78, 5) is 0. The first-order chi connectivity index (χ1) is 7.72. The maximum atomic E-state index is 8.29. The quantitative estimate of drug-likeness (QED) is 0.449. The maximum absolute atomic E-state index is 8.29. The molecule has 6 nitrogen and oxygen atoms in total. The van der Waals surface area contributed by atoms with E-state index in [1.807, 2.05) is 6.92 Å². The fourth-order valence-electron chi connectivity index (χ4n) is 0.613. The van der Waals surface area contributed by atoms with Crippen LogP contribution in [0.25, 0.3) is 0 Å². The molecule has 1 atom stereocenters. The molecule has 0 bridgehead atoms. The Morgan fingerprint density at radius 2 is 1.31 bits per heavy atom. The van der Waals surface area contributed by atoms with Crippen LogP contribution in [0.4, 0.5) is 0 Å². The lowest BCUT2D eigenvalue weighted by molar-refractivity contribution is 0.00701. The summed E-state index contributed by atoms with van der Waals surface area (Å²) >= 11 is 0. The minimum absolute atomic E-state index is 0.0278. The van der Waals surface area contributed by atoms with Gasteiger partial charge >= 0.3 is 0 Å². The molecule has 0 fully saturated rings. The molecule has 0 aromatic rings. The number of hydrogen-bond donors (Lipinski definition) is 3. The number of rotatable bonds is 9.